The van der Waals surface area contributed by atoms with Gasteiger partial charge in [-0.1, -0.05) is 92.7 Å². The molecule has 0 aliphatic carbocycles. The zero-order valence-electron chi connectivity index (χ0n) is 21.7. The Hall–Kier alpha value is -4.96. The van der Waals surface area contributed by atoms with E-state index in [1.807, 2.05) is 18.2 Å². The van der Waals surface area contributed by atoms with Crippen molar-refractivity contribution in [2.45, 2.75) is 19.8 Å². The van der Waals surface area contributed by atoms with Gasteiger partial charge in [0.15, 0.2) is 0 Å². The van der Waals surface area contributed by atoms with Crippen molar-refractivity contribution in [2.75, 3.05) is 0 Å². The predicted octanol–water partition coefficient (Wildman–Crippen LogP) is 9.42. The van der Waals surface area contributed by atoms with Gasteiger partial charge >= 0.3 is 0 Å². The minimum Gasteiger partial charge on any atom is -0.455 e. The second-order valence-corrected chi connectivity index (χ2v) is 10.5. The lowest BCUT2D eigenvalue weighted by molar-refractivity contribution is 0.673. The number of furan rings is 1. The van der Waals surface area contributed by atoms with Crippen LogP contribution in [0.4, 0.5) is 0 Å². The molecule has 8 aromatic rings. The molecule has 0 radical (unpaired) electrons. The molecule has 0 saturated heterocycles. The third-order valence-electron chi connectivity index (χ3n) is 7.82. The fraction of sp³-hybridized carbons (Fsp3) is 0.0857. The molecule has 0 spiro atoms. The van der Waals surface area contributed by atoms with Crippen LogP contribution in [0.15, 0.2) is 114 Å². The van der Waals surface area contributed by atoms with Crippen LogP contribution in [-0.2, 0) is 0 Å². The van der Waals surface area contributed by atoms with Crippen LogP contribution in [0.3, 0.4) is 0 Å². The lowest BCUT2D eigenvalue weighted by atomic mass is 9.99. The van der Waals surface area contributed by atoms with Gasteiger partial charge in [0.1, 0.15) is 11.2 Å². The fourth-order valence-corrected chi connectivity index (χ4v) is 5.86. The highest BCUT2D eigenvalue weighted by atomic mass is 16.3. The highest BCUT2D eigenvalue weighted by molar-refractivity contribution is 6.23. The third kappa shape index (κ3) is 3.25. The van der Waals surface area contributed by atoms with Crippen molar-refractivity contribution in [2.24, 2.45) is 0 Å². The molecule has 3 aromatic heterocycles. The number of rotatable bonds is 3. The zero-order valence-corrected chi connectivity index (χ0v) is 21.7. The average Bonchev–Trinajstić information content (AvgIpc) is 3.52. The van der Waals surface area contributed by atoms with E-state index in [-0.39, 0.29) is 0 Å². The van der Waals surface area contributed by atoms with Gasteiger partial charge < -0.3 is 4.42 Å². The molecule has 0 amide bonds. The summed E-state index contributed by atoms with van der Waals surface area (Å²) in [6.45, 7) is 4.43. The molecule has 0 aliphatic rings. The summed E-state index contributed by atoms with van der Waals surface area (Å²) in [6.07, 6.45) is 0. The van der Waals surface area contributed by atoms with Crippen LogP contribution in [0.1, 0.15) is 25.3 Å². The van der Waals surface area contributed by atoms with Crippen LogP contribution >= 0.6 is 0 Å². The smallest absolute Gasteiger partial charge is 0.235 e. The highest BCUT2D eigenvalue weighted by Gasteiger charge is 2.20. The molecule has 5 aromatic carbocycles. The van der Waals surface area contributed by atoms with Crippen LogP contribution in [0.25, 0.3) is 71.9 Å². The Labute approximate surface area is 225 Å². The van der Waals surface area contributed by atoms with Gasteiger partial charge in [-0.15, -0.1) is 0 Å². The maximum atomic E-state index is 6.46. The first-order chi connectivity index (χ1) is 19.2. The number of hydrogen-bond donors (Lipinski definition) is 0. The molecule has 39 heavy (non-hydrogen) atoms. The van der Waals surface area contributed by atoms with Gasteiger partial charge in [0.25, 0.3) is 0 Å². The standard InChI is InChI=1S/C35H25N3O/c1-21(2)22-15-17-23(18-16-22)33-26-10-3-6-12-28(26)36-35(37-33)38-29-13-7-4-11-27(29)32-30(38)20-19-25-24-9-5-8-14-31(24)39-34(25)32/h3-21H,1-2H3. The molecule has 0 atom stereocenters. The molecule has 0 N–H and O–H groups in total. The number of hydrogen-bond acceptors (Lipinski definition) is 3. The number of para-hydroxylation sites is 3. The number of fused-ring (bicyclic) bond motifs is 8. The molecular weight excluding hydrogens is 478 g/mol. The molecule has 0 fully saturated rings. The van der Waals surface area contributed by atoms with Crippen molar-refractivity contribution in [3.05, 3.63) is 115 Å². The van der Waals surface area contributed by atoms with E-state index in [4.69, 9.17) is 14.4 Å². The Morgan fingerprint density at radius 1 is 0.615 bits per heavy atom. The van der Waals surface area contributed by atoms with E-state index in [0.29, 0.717) is 11.9 Å². The van der Waals surface area contributed by atoms with E-state index in [9.17, 15) is 0 Å². The summed E-state index contributed by atoms with van der Waals surface area (Å²) in [5.74, 6) is 1.13. The Morgan fingerprint density at radius 3 is 2.15 bits per heavy atom. The van der Waals surface area contributed by atoms with Gasteiger partial charge in [0.2, 0.25) is 5.95 Å². The van der Waals surface area contributed by atoms with E-state index >= 15 is 0 Å². The molecule has 8 rings (SSSR count). The van der Waals surface area contributed by atoms with Crippen LogP contribution in [0, 0.1) is 0 Å². The van der Waals surface area contributed by atoms with Gasteiger partial charge in [0.05, 0.1) is 27.6 Å². The summed E-state index contributed by atoms with van der Waals surface area (Å²) in [7, 11) is 0. The first-order valence-electron chi connectivity index (χ1n) is 13.4. The zero-order chi connectivity index (χ0) is 26.1. The predicted molar refractivity (Wildman–Crippen MR) is 161 cm³/mol. The second-order valence-electron chi connectivity index (χ2n) is 10.5. The van der Waals surface area contributed by atoms with Crippen molar-refractivity contribution in [3.8, 4) is 17.2 Å². The van der Waals surface area contributed by atoms with E-state index in [1.54, 1.807) is 0 Å². The normalized spacial score (nSPS) is 12.1. The molecule has 186 valence electrons. The van der Waals surface area contributed by atoms with Gasteiger partial charge in [-0.05, 0) is 41.8 Å². The van der Waals surface area contributed by atoms with E-state index in [2.05, 4.69) is 109 Å². The third-order valence-corrected chi connectivity index (χ3v) is 7.82. The summed E-state index contributed by atoms with van der Waals surface area (Å²) >= 11 is 0. The minimum absolute atomic E-state index is 0.476. The Kier molecular flexibility index (Phi) is 4.68. The molecule has 4 heteroatoms. The molecule has 0 saturated carbocycles. The lowest BCUT2D eigenvalue weighted by Crippen LogP contribution is -2.03. The summed E-state index contributed by atoms with van der Waals surface area (Å²) in [6, 6.07) is 38.0. The van der Waals surface area contributed by atoms with Crippen LogP contribution < -0.4 is 0 Å². The summed E-state index contributed by atoms with van der Waals surface area (Å²) in [4.78, 5) is 10.3. The van der Waals surface area contributed by atoms with Gasteiger partial charge in [-0.25, -0.2) is 9.97 Å². The fourth-order valence-electron chi connectivity index (χ4n) is 5.86. The summed E-state index contributed by atoms with van der Waals surface area (Å²) in [5.41, 5.74) is 8.12. The second kappa shape index (κ2) is 8.27. The minimum atomic E-state index is 0.476. The highest BCUT2D eigenvalue weighted by Crippen LogP contribution is 2.40. The Balaban J connectivity index is 1.46. The maximum Gasteiger partial charge on any atom is 0.235 e. The molecule has 4 nitrogen and oxygen atoms in total. The monoisotopic (exact) mass is 503 g/mol. The van der Waals surface area contributed by atoms with Crippen molar-refractivity contribution in [1.29, 1.82) is 0 Å². The van der Waals surface area contributed by atoms with E-state index in [0.717, 1.165) is 65.9 Å². The number of benzene rings is 5. The molecule has 3 heterocycles. The average molecular weight is 504 g/mol. The topological polar surface area (TPSA) is 43.9 Å². The van der Waals surface area contributed by atoms with Crippen LogP contribution in [0.5, 0.6) is 0 Å². The quantitative estimate of drug-likeness (QED) is 0.241. The summed E-state index contributed by atoms with van der Waals surface area (Å²) < 4.78 is 8.64. The van der Waals surface area contributed by atoms with Crippen molar-refractivity contribution >= 4 is 54.6 Å². The lowest BCUT2D eigenvalue weighted by Gasteiger charge is -2.12. The molecule has 0 aliphatic heterocycles. The first kappa shape index (κ1) is 22.1. The summed E-state index contributed by atoms with van der Waals surface area (Å²) in [5, 5.41) is 5.49. The Bertz CT molecular complexity index is 2200. The van der Waals surface area contributed by atoms with Gasteiger partial charge in [-0.3, -0.25) is 4.57 Å². The van der Waals surface area contributed by atoms with E-state index < -0.39 is 0 Å². The van der Waals surface area contributed by atoms with Crippen molar-refractivity contribution in [3.63, 3.8) is 0 Å². The molecule has 0 bridgehead atoms. The number of aromatic nitrogens is 3. The van der Waals surface area contributed by atoms with Crippen molar-refractivity contribution < 1.29 is 4.42 Å². The van der Waals surface area contributed by atoms with Crippen LogP contribution in [-0.4, -0.2) is 14.5 Å². The maximum absolute atomic E-state index is 6.46. The largest absolute Gasteiger partial charge is 0.455 e. The number of nitrogens with zero attached hydrogens (tertiary/aromatic N) is 3. The van der Waals surface area contributed by atoms with Crippen LogP contribution in [0.2, 0.25) is 0 Å². The van der Waals surface area contributed by atoms with Crippen molar-refractivity contribution in [1.82, 2.24) is 14.5 Å². The first-order valence-corrected chi connectivity index (χ1v) is 13.4. The van der Waals surface area contributed by atoms with Gasteiger partial charge in [-0.2, -0.15) is 0 Å². The Morgan fingerprint density at radius 2 is 1.33 bits per heavy atom. The molecular formula is C35H25N3O. The SMILES string of the molecule is CC(C)c1ccc(-c2nc(-n3c4ccccc4c4c5oc6ccccc6c5ccc43)nc3ccccc23)cc1. The molecule has 0 unspecified atom stereocenters. The van der Waals surface area contributed by atoms with E-state index in [1.165, 1.54) is 5.56 Å². The van der Waals surface area contributed by atoms with Gasteiger partial charge in [0, 0.05) is 27.1 Å².